The Morgan fingerprint density at radius 3 is 2.83 bits per heavy atom. The first kappa shape index (κ1) is 13.0. The third kappa shape index (κ3) is 4.11. The van der Waals surface area contributed by atoms with Gasteiger partial charge in [0.25, 0.3) is 0 Å². The Bertz CT molecular complexity index is 385. The van der Waals surface area contributed by atoms with Crippen LogP contribution in [0.15, 0.2) is 24.3 Å². The van der Waals surface area contributed by atoms with Gasteiger partial charge < -0.3 is 10.1 Å². The van der Waals surface area contributed by atoms with Gasteiger partial charge in [-0.3, -0.25) is 4.79 Å². The second-order valence-electron chi connectivity index (χ2n) is 4.57. The number of carbonyl (C=O) groups excluding carboxylic acids is 1. The highest BCUT2D eigenvalue weighted by molar-refractivity contribution is 5.76. The fraction of sp³-hybridized carbons (Fsp3) is 0.500. The van der Waals surface area contributed by atoms with Gasteiger partial charge in [0.1, 0.15) is 5.82 Å². The largest absolute Gasteiger partial charge is 0.378 e. The molecule has 1 aliphatic heterocycles. The number of hydrogen-bond donors (Lipinski definition) is 1. The van der Waals surface area contributed by atoms with Crippen molar-refractivity contribution in [1.29, 1.82) is 0 Å². The van der Waals surface area contributed by atoms with Crippen LogP contribution in [0.2, 0.25) is 0 Å². The molecule has 1 amide bonds. The second kappa shape index (κ2) is 6.50. The first-order chi connectivity index (χ1) is 8.74. The van der Waals surface area contributed by atoms with Gasteiger partial charge in [-0.1, -0.05) is 12.1 Å². The normalized spacial score (nSPS) is 18.8. The number of halogens is 1. The molecule has 1 N–H and O–H groups in total. The van der Waals surface area contributed by atoms with Crippen LogP contribution in [0.4, 0.5) is 4.39 Å². The summed E-state index contributed by atoms with van der Waals surface area (Å²) in [7, 11) is 0. The number of nitrogens with one attached hydrogen (secondary N) is 1. The maximum absolute atomic E-state index is 12.7. The van der Waals surface area contributed by atoms with Gasteiger partial charge in [-0.05, 0) is 37.0 Å². The molecule has 1 saturated heterocycles. The Labute approximate surface area is 106 Å². The molecule has 1 atom stereocenters. The smallest absolute Gasteiger partial charge is 0.222 e. The lowest BCUT2D eigenvalue weighted by atomic mass is 10.1. The summed E-state index contributed by atoms with van der Waals surface area (Å²) in [5.41, 5.74) is 1.02. The molecule has 0 saturated carbocycles. The summed E-state index contributed by atoms with van der Waals surface area (Å²) in [6.07, 6.45) is 3.29. The highest BCUT2D eigenvalue weighted by Crippen LogP contribution is 2.14. The van der Waals surface area contributed by atoms with Crippen molar-refractivity contribution in [2.45, 2.75) is 31.8 Å². The molecular formula is C14H18FNO2. The standard InChI is InChI=1S/C14H18FNO2/c15-12-5-3-11(4-6-12)7-8-16-14(17)10-13-2-1-9-18-13/h3-6,13H,1-2,7-10H2,(H,16,17). The zero-order chi connectivity index (χ0) is 12.8. The molecule has 1 fully saturated rings. The van der Waals surface area contributed by atoms with E-state index in [1.54, 1.807) is 12.1 Å². The minimum atomic E-state index is -0.235. The molecule has 4 heteroatoms. The molecule has 1 aliphatic rings. The Morgan fingerprint density at radius 1 is 1.39 bits per heavy atom. The van der Waals surface area contributed by atoms with E-state index in [9.17, 15) is 9.18 Å². The minimum absolute atomic E-state index is 0.0315. The van der Waals surface area contributed by atoms with E-state index in [2.05, 4.69) is 5.32 Å². The molecule has 1 aromatic carbocycles. The van der Waals surface area contributed by atoms with Gasteiger partial charge in [0, 0.05) is 13.2 Å². The van der Waals surface area contributed by atoms with Crippen molar-refractivity contribution < 1.29 is 13.9 Å². The summed E-state index contributed by atoms with van der Waals surface area (Å²) in [5, 5.41) is 2.86. The van der Waals surface area contributed by atoms with Crippen LogP contribution in [0, 0.1) is 5.82 Å². The van der Waals surface area contributed by atoms with Crippen LogP contribution >= 0.6 is 0 Å². The number of rotatable bonds is 5. The summed E-state index contributed by atoms with van der Waals surface area (Å²) in [6, 6.07) is 6.34. The van der Waals surface area contributed by atoms with E-state index in [4.69, 9.17) is 4.74 Å². The van der Waals surface area contributed by atoms with Gasteiger partial charge in [0.15, 0.2) is 0 Å². The average Bonchev–Trinajstić information content (AvgIpc) is 2.84. The van der Waals surface area contributed by atoms with E-state index in [1.165, 1.54) is 12.1 Å². The molecular weight excluding hydrogens is 233 g/mol. The number of carbonyl (C=O) groups is 1. The van der Waals surface area contributed by atoms with E-state index in [-0.39, 0.29) is 17.8 Å². The monoisotopic (exact) mass is 251 g/mol. The lowest BCUT2D eigenvalue weighted by Crippen LogP contribution is -2.28. The van der Waals surface area contributed by atoms with Crippen LogP contribution in [0.1, 0.15) is 24.8 Å². The topological polar surface area (TPSA) is 38.3 Å². The lowest BCUT2D eigenvalue weighted by molar-refractivity contribution is -0.123. The summed E-state index contributed by atoms with van der Waals surface area (Å²) in [4.78, 5) is 11.6. The molecule has 0 spiro atoms. The predicted octanol–water partition coefficient (Wildman–Crippen LogP) is 2.05. The van der Waals surface area contributed by atoms with Crippen LogP contribution in [-0.2, 0) is 16.0 Å². The molecule has 0 radical (unpaired) electrons. The van der Waals surface area contributed by atoms with E-state index in [0.29, 0.717) is 13.0 Å². The van der Waals surface area contributed by atoms with Gasteiger partial charge in [0.05, 0.1) is 12.5 Å². The third-order valence-corrected chi connectivity index (χ3v) is 3.09. The van der Waals surface area contributed by atoms with Crippen LogP contribution in [0.25, 0.3) is 0 Å². The fourth-order valence-electron chi connectivity index (χ4n) is 2.08. The van der Waals surface area contributed by atoms with Crippen LogP contribution in [0.3, 0.4) is 0 Å². The molecule has 0 aromatic heterocycles. The quantitative estimate of drug-likeness (QED) is 0.869. The Morgan fingerprint density at radius 2 is 2.17 bits per heavy atom. The van der Waals surface area contributed by atoms with Crippen molar-refractivity contribution in [3.8, 4) is 0 Å². The van der Waals surface area contributed by atoms with Gasteiger partial charge in [-0.2, -0.15) is 0 Å². The predicted molar refractivity (Wildman–Crippen MR) is 66.7 cm³/mol. The van der Waals surface area contributed by atoms with Crippen molar-refractivity contribution in [2.75, 3.05) is 13.2 Å². The summed E-state index contributed by atoms with van der Waals surface area (Å²) in [5.74, 6) is -0.204. The summed E-state index contributed by atoms with van der Waals surface area (Å²) < 4.78 is 18.1. The first-order valence-electron chi connectivity index (χ1n) is 6.37. The fourth-order valence-corrected chi connectivity index (χ4v) is 2.08. The van der Waals surface area contributed by atoms with Crippen molar-refractivity contribution >= 4 is 5.91 Å². The molecule has 0 aliphatic carbocycles. The van der Waals surface area contributed by atoms with E-state index in [1.807, 2.05) is 0 Å². The Hall–Kier alpha value is -1.42. The van der Waals surface area contributed by atoms with E-state index >= 15 is 0 Å². The maximum Gasteiger partial charge on any atom is 0.222 e. The van der Waals surface area contributed by atoms with Gasteiger partial charge in [-0.15, -0.1) is 0 Å². The molecule has 3 nitrogen and oxygen atoms in total. The summed E-state index contributed by atoms with van der Waals surface area (Å²) in [6.45, 7) is 1.35. The van der Waals surface area contributed by atoms with Crippen LogP contribution < -0.4 is 5.32 Å². The highest BCUT2D eigenvalue weighted by Gasteiger charge is 2.18. The second-order valence-corrected chi connectivity index (χ2v) is 4.57. The minimum Gasteiger partial charge on any atom is -0.378 e. The zero-order valence-corrected chi connectivity index (χ0v) is 10.3. The Kier molecular flexibility index (Phi) is 4.70. The summed E-state index contributed by atoms with van der Waals surface area (Å²) >= 11 is 0. The molecule has 2 rings (SSSR count). The average molecular weight is 251 g/mol. The third-order valence-electron chi connectivity index (χ3n) is 3.09. The Balaban J connectivity index is 1.65. The molecule has 18 heavy (non-hydrogen) atoms. The number of amides is 1. The number of ether oxygens (including phenoxy) is 1. The van der Waals surface area contributed by atoms with E-state index < -0.39 is 0 Å². The lowest BCUT2D eigenvalue weighted by Gasteiger charge is -2.09. The van der Waals surface area contributed by atoms with Gasteiger partial charge in [-0.25, -0.2) is 4.39 Å². The molecule has 0 bridgehead atoms. The highest BCUT2D eigenvalue weighted by atomic mass is 19.1. The van der Waals surface area contributed by atoms with Crippen molar-refractivity contribution in [3.05, 3.63) is 35.6 Å². The van der Waals surface area contributed by atoms with E-state index in [0.717, 1.165) is 31.4 Å². The zero-order valence-electron chi connectivity index (χ0n) is 10.3. The van der Waals surface area contributed by atoms with Crippen molar-refractivity contribution in [1.82, 2.24) is 5.32 Å². The molecule has 1 aromatic rings. The van der Waals surface area contributed by atoms with Crippen LogP contribution in [0.5, 0.6) is 0 Å². The van der Waals surface area contributed by atoms with Gasteiger partial charge in [0.2, 0.25) is 5.91 Å². The number of benzene rings is 1. The first-order valence-corrected chi connectivity index (χ1v) is 6.37. The molecule has 1 unspecified atom stereocenters. The maximum atomic E-state index is 12.7. The van der Waals surface area contributed by atoms with Crippen LogP contribution in [-0.4, -0.2) is 25.2 Å². The number of hydrogen-bond acceptors (Lipinski definition) is 2. The van der Waals surface area contributed by atoms with Gasteiger partial charge >= 0.3 is 0 Å². The van der Waals surface area contributed by atoms with Crippen molar-refractivity contribution in [2.24, 2.45) is 0 Å². The van der Waals surface area contributed by atoms with Crippen molar-refractivity contribution in [3.63, 3.8) is 0 Å². The molecule has 98 valence electrons. The molecule has 1 heterocycles. The SMILES string of the molecule is O=C(CC1CCCO1)NCCc1ccc(F)cc1.